The van der Waals surface area contributed by atoms with Crippen LogP contribution in [0.15, 0.2) is 0 Å². The van der Waals surface area contributed by atoms with Gasteiger partial charge in [0.1, 0.15) is 0 Å². The summed E-state index contributed by atoms with van der Waals surface area (Å²) < 4.78 is 0. The fourth-order valence-electron chi connectivity index (χ4n) is 2.26. The van der Waals surface area contributed by atoms with Gasteiger partial charge >= 0.3 is 12.0 Å². The molecule has 1 rings (SSSR count). The van der Waals surface area contributed by atoms with Crippen molar-refractivity contribution in [3.8, 4) is 0 Å². The zero-order valence-corrected chi connectivity index (χ0v) is 11.4. The smallest absolute Gasteiger partial charge is 0.337 e. The number of carbonyl (C=O) groups is 2. The minimum absolute atomic E-state index is 0.308. The second-order valence-corrected chi connectivity index (χ2v) is 5.48. The van der Waals surface area contributed by atoms with Crippen LogP contribution >= 0.6 is 0 Å². The minimum atomic E-state index is -1.93. The van der Waals surface area contributed by atoms with Crippen LogP contribution in [0, 0.1) is 5.92 Å². The Kier molecular flexibility index (Phi) is 6.08. The Balaban J connectivity index is 2.12. The van der Waals surface area contributed by atoms with Crippen LogP contribution in [0.5, 0.6) is 0 Å². The van der Waals surface area contributed by atoms with Crippen molar-refractivity contribution in [1.29, 1.82) is 0 Å². The Morgan fingerprint density at radius 3 is 2.42 bits per heavy atom. The Hall–Kier alpha value is -1.30. The molecule has 0 aliphatic heterocycles. The number of hydrogen-bond acceptors (Lipinski definition) is 3. The number of carboxylic acids is 1. The summed E-state index contributed by atoms with van der Waals surface area (Å²) in [7, 11) is 0. The number of amides is 2. The Morgan fingerprint density at radius 2 is 1.84 bits per heavy atom. The van der Waals surface area contributed by atoms with Gasteiger partial charge in [0.25, 0.3) is 0 Å². The maximum atomic E-state index is 11.4. The molecular formula is C13H24N2O4. The molecule has 110 valence electrons. The molecule has 0 saturated heterocycles. The van der Waals surface area contributed by atoms with E-state index in [1.54, 1.807) is 0 Å². The summed E-state index contributed by atoms with van der Waals surface area (Å²) in [6, 6.07) is -0.433. The van der Waals surface area contributed by atoms with Crippen molar-refractivity contribution in [3.05, 3.63) is 0 Å². The van der Waals surface area contributed by atoms with Crippen LogP contribution in [0.2, 0.25) is 0 Å². The fraction of sp³-hybridized carbons (Fsp3) is 0.846. The summed E-state index contributed by atoms with van der Waals surface area (Å²) in [5, 5.41) is 23.2. The summed E-state index contributed by atoms with van der Waals surface area (Å²) in [5.74, 6) is -0.661. The third-order valence-electron chi connectivity index (χ3n) is 3.62. The molecule has 1 aliphatic rings. The van der Waals surface area contributed by atoms with Crippen molar-refractivity contribution in [2.45, 2.75) is 51.0 Å². The zero-order chi connectivity index (χ0) is 14.3. The predicted molar refractivity (Wildman–Crippen MR) is 70.9 cm³/mol. The highest BCUT2D eigenvalue weighted by Gasteiger charge is 2.30. The number of hydrogen-bond donors (Lipinski definition) is 4. The Morgan fingerprint density at radius 1 is 1.21 bits per heavy atom. The van der Waals surface area contributed by atoms with Gasteiger partial charge in [-0.05, 0) is 19.3 Å². The summed E-state index contributed by atoms with van der Waals surface area (Å²) in [6.45, 7) is 1.43. The molecule has 0 heterocycles. The molecule has 2 amide bonds. The van der Waals surface area contributed by atoms with Gasteiger partial charge < -0.3 is 20.8 Å². The summed E-state index contributed by atoms with van der Waals surface area (Å²) in [6.07, 6.45) is 7.29. The largest absolute Gasteiger partial charge is 0.479 e. The lowest BCUT2D eigenvalue weighted by Crippen LogP contribution is -2.49. The number of nitrogens with one attached hydrogen (secondary N) is 2. The monoisotopic (exact) mass is 272 g/mol. The van der Waals surface area contributed by atoms with Crippen LogP contribution in [-0.2, 0) is 4.79 Å². The van der Waals surface area contributed by atoms with Crippen LogP contribution in [-0.4, -0.2) is 40.9 Å². The third kappa shape index (κ3) is 5.92. The zero-order valence-electron chi connectivity index (χ0n) is 11.4. The van der Waals surface area contributed by atoms with Crippen molar-refractivity contribution in [2.75, 3.05) is 13.1 Å². The molecule has 0 radical (unpaired) electrons. The molecule has 1 saturated carbocycles. The molecule has 19 heavy (non-hydrogen) atoms. The van der Waals surface area contributed by atoms with Crippen LogP contribution in [0.1, 0.15) is 45.4 Å². The third-order valence-corrected chi connectivity index (χ3v) is 3.62. The number of carboxylic acid groups (broad SMARTS) is 1. The number of aliphatic hydroxyl groups is 1. The van der Waals surface area contributed by atoms with Crippen molar-refractivity contribution >= 4 is 12.0 Å². The topological polar surface area (TPSA) is 98.7 Å². The second kappa shape index (κ2) is 7.33. The first-order valence-electron chi connectivity index (χ1n) is 6.89. The molecule has 1 aliphatic carbocycles. The van der Waals surface area contributed by atoms with Crippen LogP contribution in [0.4, 0.5) is 4.79 Å². The molecule has 0 bridgehead atoms. The lowest BCUT2D eigenvalue weighted by molar-refractivity contribution is -0.155. The van der Waals surface area contributed by atoms with Gasteiger partial charge in [-0.25, -0.2) is 9.59 Å². The molecule has 1 unspecified atom stereocenters. The average Bonchev–Trinajstić information content (AvgIpc) is 2.37. The lowest BCUT2D eigenvalue weighted by Gasteiger charge is -2.22. The number of carbonyl (C=O) groups excluding carboxylic acids is 1. The molecule has 6 nitrogen and oxygen atoms in total. The molecule has 0 aromatic heterocycles. The highest BCUT2D eigenvalue weighted by Crippen LogP contribution is 2.25. The van der Waals surface area contributed by atoms with Crippen molar-refractivity contribution in [3.63, 3.8) is 0 Å². The molecule has 0 spiro atoms. The molecular weight excluding hydrogens is 248 g/mol. The Bertz CT molecular complexity index is 312. The number of aliphatic carboxylic acids is 1. The van der Waals surface area contributed by atoms with E-state index in [1.165, 1.54) is 32.1 Å². The highest BCUT2D eigenvalue weighted by atomic mass is 16.4. The normalized spacial score (nSPS) is 19.5. The van der Waals surface area contributed by atoms with Crippen molar-refractivity contribution in [1.82, 2.24) is 10.6 Å². The molecule has 0 aromatic carbocycles. The van der Waals surface area contributed by atoms with Crippen molar-refractivity contribution in [2.24, 2.45) is 5.92 Å². The summed E-state index contributed by atoms with van der Waals surface area (Å²) in [4.78, 5) is 22.1. The van der Waals surface area contributed by atoms with Gasteiger partial charge in [-0.3, -0.25) is 0 Å². The standard InChI is InChI=1S/C13H24N2O4/c1-13(19,11(16)17)9-15-12(18)14-8-7-10-5-3-2-4-6-10/h10,19H,2-9H2,1H3,(H,16,17)(H2,14,15,18). The molecule has 1 atom stereocenters. The molecule has 1 fully saturated rings. The summed E-state index contributed by atoms with van der Waals surface area (Å²) in [5.41, 5.74) is -1.93. The van der Waals surface area contributed by atoms with E-state index in [0.29, 0.717) is 12.5 Å². The minimum Gasteiger partial charge on any atom is -0.479 e. The van der Waals surface area contributed by atoms with Gasteiger partial charge in [0.2, 0.25) is 0 Å². The van der Waals surface area contributed by atoms with Gasteiger partial charge in [0.05, 0.1) is 6.54 Å². The highest BCUT2D eigenvalue weighted by molar-refractivity contribution is 5.79. The van der Waals surface area contributed by atoms with E-state index in [-0.39, 0.29) is 6.54 Å². The van der Waals surface area contributed by atoms with E-state index in [1.807, 2.05) is 0 Å². The van der Waals surface area contributed by atoms with Crippen LogP contribution in [0.25, 0.3) is 0 Å². The number of urea groups is 1. The first-order valence-corrected chi connectivity index (χ1v) is 6.89. The molecule has 0 aromatic rings. The number of rotatable bonds is 6. The SMILES string of the molecule is CC(O)(CNC(=O)NCCC1CCCCC1)C(=O)O. The maximum absolute atomic E-state index is 11.4. The van der Waals surface area contributed by atoms with Gasteiger partial charge in [-0.15, -0.1) is 0 Å². The lowest BCUT2D eigenvalue weighted by atomic mass is 9.87. The Labute approximate surface area is 113 Å². The predicted octanol–water partition coefficient (Wildman–Crippen LogP) is 1.09. The molecule has 4 N–H and O–H groups in total. The van der Waals surface area contributed by atoms with Gasteiger partial charge in [-0.2, -0.15) is 0 Å². The van der Waals surface area contributed by atoms with E-state index >= 15 is 0 Å². The van der Waals surface area contributed by atoms with Crippen LogP contribution < -0.4 is 10.6 Å². The summed E-state index contributed by atoms with van der Waals surface area (Å²) >= 11 is 0. The quantitative estimate of drug-likeness (QED) is 0.581. The van der Waals surface area contributed by atoms with Gasteiger partial charge in [-0.1, -0.05) is 32.1 Å². The van der Waals surface area contributed by atoms with Crippen LogP contribution in [0.3, 0.4) is 0 Å². The van der Waals surface area contributed by atoms with E-state index < -0.39 is 17.6 Å². The second-order valence-electron chi connectivity index (χ2n) is 5.48. The first-order chi connectivity index (χ1) is 8.92. The van der Waals surface area contributed by atoms with E-state index in [4.69, 9.17) is 5.11 Å². The van der Waals surface area contributed by atoms with Gasteiger partial charge in [0.15, 0.2) is 5.60 Å². The van der Waals surface area contributed by atoms with Gasteiger partial charge in [0, 0.05) is 6.54 Å². The average molecular weight is 272 g/mol. The van der Waals surface area contributed by atoms with E-state index in [0.717, 1.165) is 13.3 Å². The van der Waals surface area contributed by atoms with E-state index in [9.17, 15) is 14.7 Å². The van der Waals surface area contributed by atoms with E-state index in [2.05, 4.69) is 10.6 Å². The fourth-order valence-corrected chi connectivity index (χ4v) is 2.26. The van der Waals surface area contributed by atoms with Crippen molar-refractivity contribution < 1.29 is 19.8 Å². The molecule has 6 heteroatoms. The first kappa shape index (κ1) is 15.8. The maximum Gasteiger partial charge on any atom is 0.337 e.